The van der Waals surface area contributed by atoms with Gasteiger partial charge in [-0.2, -0.15) is 0 Å². The van der Waals surface area contributed by atoms with Gasteiger partial charge in [-0.1, -0.05) is 48.0 Å². The Balaban J connectivity index is 1.79. The van der Waals surface area contributed by atoms with E-state index in [4.69, 9.17) is 11.6 Å². The van der Waals surface area contributed by atoms with Crippen LogP contribution < -0.4 is 10.6 Å². The largest absolute Gasteiger partial charge is 0.342 e. The highest BCUT2D eigenvalue weighted by Gasteiger charge is 2.23. The average molecular weight is 352 g/mol. The molecule has 0 bridgehead atoms. The summed E-state index contributed by atoms with van der Waals surface area (Å²) >= 11 is 6.28. The SMILES string of the molecule is O=C1NC(=O)/C(=C\c2cn(Cc3ccccc3Cl)c3ccccc23)N1. The third-order valence-electron chi connectivity index (χ3n) is 4.14. The Bertz CT molecular complexity index is 1040. The lowest BCUT2D eigenvalue weighted by Gasteiger charge is -2.07. The van der Waals surface area contributed by atoms with Crippen LogP contribution in [0.25, 0.3) is 17.0 Å². The molecular weight excluding hydrogens is 338 g/mol. The Morgan fingerprint density at radius 3 is 2.52 bits per heavy atom. The summed E-state index contributed by atoms with van der Waals surface area (Å²) in [7, 11) is 0. The molecule has 0 spiro atoms. The Labute approximate surface area is 148 Å². The minimum atomic E-state index is -0.504. The predicted molar refractivity (Wildman–Crippen MR) is 97.1 cm³/mol. The number of nitrogens with one attached hydrogen (secondary N) is 2. The fourth-order valence-electron chi connectivity index (χ4n) is 2.97. The molecule has 0 atom stereocenters. The summed E-state index contributed by atoms with van der Waals surface area (Å²) < 4.78 is 2.08. The minimum absolute atomic E-state index is 0.241. The van der Waals surface area contributed by atoms with Gasteiger partial charge in [0.15, 0.2) is 0 Å². The molecule has 3 amide bonds. The smallest absolute Gasteiger partial charge is 0.326 e. The number of amides is 3. The standard InChI is InChI=1S/C19H14ClN3O2/c20-15-7-3-1-5-12(15)10-23-11-13(14-6-2-4-8-17(14)23)9-16-18(24)22-19(25)21-16/h1-9,11H,10H2,(H2,21,22,24,25)/b16-9+. The van der Waals surface area contributed by atoms with Gasteiger partial charge in [0.25, 0.3) is 5.91 Å². The van der Waals surface area contributed by atoms with Gasteiger partial charge in [0.05, 0.1) is 0 Å². The van der Waals surface area contributed by atoms with E-state index in [9.17, 15) is 9.59 Å². The van der Waals surface area contributed by atoms with Crippen molar-refractivity contribution in [1.29, 1.82) is 0 Å². The van der Waals surface area contributed by atoms with Gasteiger partial charge in [-0.05, 0) is 23.8 Å². The van der Waals surface area contributed by atoms with Crippen LogP contribution in [0.15, 0.2) is 60.4 Å². The zero-order valence-electron chi connectivity index (χ0n) is 13.1. The van der Waals surface area contributed by atoms with Crippen LogP contribution in [-0.4, -0.2) is 16.5 Å². The van der Waals surface area contributed by atoms with E-state index in [2.05, 4.69) is 15.2 Å². The maximum Gasteiger partial charge on any atom is 0.326 e. The second-order valence-corrected chi connectivity index (χ2v) is 6.19. The molecule has 3 aromatic rings. The molecule has 0 aliphatic carbocycles. The molecule has 1 fully saturated rings. The van der Waals surface area contributed by atoms with E-state index in [1.54, 1.807) is 6.08 Å². The van der Waals surface area contributed by atoms with Crippen molar-refractivity contribution >= 4 is 40.5 Å². The lowest BCUT2D eigenvalue weighted by molar-refractivity contribution is -0.115. The third kappa shape index (κ3) is 2.90. The van der Waals surface area contributed by atoms with Gasteiger partial charge in [-0.3, -0.25) is 10.1 Å². The summed E-state index contributed by atoms with van der Waals surface area (Å²) in [6, 6.07) is 15.1. The fraction of sp³-hybridized carbons (Fsp3) is 0.0526. The Kier molecular flexibility index (Phi) is 3.78. The van der Waals surface area contributed by atoms with Crippen molar-refractivity contribution in [2.75, 3.05) is 0 Å². The Morgan fingerprint density at radius 1 is 1.00 bits per heavy atom. The van der Waals surface area contributed by atoms with Gasteiger partial charge in [-0.25, -0.2) is 4.79 Å². The predicted octanol–water partition coefficient (Wildman–Crippen LogP) is 3.52. The van der Waals surface area contributed by atoms with Crippen molar-refractivity contribution in [3.63, 3.8) is 0 Å². The number of aromatic nitrogens is 1. The first-order valence-corrected chi connectivity index (χ1v) is 8.15. The quantitative estimate of drug-likeness (QED) is 0.560. The van der Waals surface area contributed by atoms with E-state index in [1.165, 1.54) is 0 Å². The first-order chi connectivity index (χ1) is 12.1. The number of hydrogen-bond donors (Lipinski definition) is 2. The number of benzene rings is 2. The molecule has 5 nitrogen and oxygen atoms in total. The molecule has 1 aliphatic rings. The average Bonchev–Trinajstić information content (AvgIpc) is 3.10. The summed E-state index contributed by atoms with van der Waals surface area (Å²) in [5, 5.41) is 6.43. The van der Waals surface area contributed by atoms with Gasteiger partial charge < -0.3 is 9.88 Å². The van der Waals surface area contributed by atoms with Crippen LogP contribution in [0.5, 0.6) is 0 Å². The highest BCUT2D eigenvalue weighted by Crippen LogP contribution is 2.26. The summed E-state index contributed by atoms with van der Waals surface area (Å²) in [5.74, 6) is -0.423. The summed E-state index contributed by atoms with van der Waals surface area (Å²) in [4.78, 5) is 23.1. The Morgan fingerprint density at radius 2 is 1.76 bits per heavy atom. The zero-order chi connectivity index (χ0) is 17.4. The zero-order valence-corrected chi connectivity index (χ0v) is 13.9. The number of imide groups is 1. The maximum atomic E-state index is 11.8. The van der Waals surface area contributed by atoms with Crippen molar-refractivity contribution in [2.45, 2.75) is 6.54 Å². The lowest BCUT2D eigenvalue weighted by Crippen LogP contribution is -2.22. The maximum absolute atomic E-state index is 11.8. The van der Waals surface area contributed by atoms with Crippen LogP contribution in [0.4, 0.5) is 4.79 Å². The van der Waals surface area contributed by atoms with Crippen LogP contribution in [0, 0.1) is 0 Å². The monoisotopic (exact) mass is 351 g/mol. The first-order valence-electron chi connectivity index (χ1n) is 7.77. The van der Waals surface area contributed by atoms with E-state index >= 15 is 0 Å². The molecule has 1 saturated heterocycles. The van der Waals surface area contributed by atoms with E-state index in [1.807, 2.05) is 54.7 Å². The third-order valence-corrected chi connectivity index (χ3v) is 4.51. The van der Waals surface area contributed by atoms with Crippen molar-refractivity contribution in [1.82, 2.24) is 15.2 Å². The van der Waals surface area contributed by atoms with Gasteiger partial charge in [0, 0.05) is 34.2 Å². The second-order valence-electron chi connectivity index (χ2n) is 5.79. The molecule has 25 heavy (non-hydrogen) atoms. The number of hydrogen-bond acceptors (Lipinski definition) is 2. The van der Waals surface area contributed by atoms with Crippen LogP contribution >= 0.6 is 11.6 Å². The van der Waals surface area contributed by atoms with Crippen molar-refractivity contribution in [3.8, 4) is 0 Å². The van der Waals surface area contributed by atoms with Crippen LogP contribution in [0.1, 0.15) is 11.1 Å². The highest BCUT2D eigenvalue weighted by atomic mass is 35.5. The van der Waals surface area contributed by atoms with Gasteiger partial charge >= 0.3 is 6.03 Å². The molecule has 0 radical (unpaired) electrons. The van der Waals surface area contributed by atoms with Crippen LogP contribution in [0.2, 0.25) is 5.02 Å². The van der Waals surface area contributed by atoms with Gasteiger partial charge in [-0.15, -0.1) is 0 Å². The molecular formula is C19H14ClN3O2. The van der Waals surface area contributed by atoms with Crippen LogP contribution in [0.3, 0.4) is 0 Å². The summed E-state index contributed by atoms with van der Waals surface area (Å²) in [5.41, 5.74) is 3.13. The molecule has 6 heteroatoms. The van der Waals surface area contributed by atoms with E-state index in [0.717, 1.165) is 22.0 Å². The topological polar surface area (TPSA) is 63.1 Å². The number of halogens is 1. The summed E-state index contributed by atoms with van der Waals surface area (Å²) in [6.45, 7) is 0.613. The normalized spacial score (nSPS) is 15.6. The number of rotatable bonds is 3. The van der Waals surface area contributed by atoms with E-state index in [-0.39, 0.29) is 5.70 Å². The second kappa shape index (κ2) is 6.11. The molecule has 2 aromatic carbocycles. The first kappa shape index (κ1) is 15.5. The molecule has 4 rings (SSSR count). The summed E-state index contributed by atoms with van der Waals surface area (Å²) in [6.07, 6.45) is 3.64. The fourth-order valence-corrected chi connectivity index (χ4v) is 3.16. The highest BCUT2D eigenvalue weighted by molar-refractivity contribution is 6.31. The Hall–Kier alpha value is -3.05. The molecule has 2 heterocycles. The molecule has 2 N–H and O–H groups in total. The van der Waals surface area contributed by atoms with E-state index < -0.39 is 11.9 Å². The molecule has 0 saturated carbocycles. The number of urea groups is 1. The van der Waals surface area contributed by atoms with Gasteiger partial charge in [0.1, 0.15) is 5.70 Å². The molecule has 124 valence electrons. The lowest BCUT2D eigenvalue weighted by atomic mass is 10.1. The number of carbonyl (C=O) groups excluding carboxylic acids is 2. The number of fused-ring (bicyclic) bond motifs is 1. The van der Waals surface area contributed by atoms with Crippen molar-refractivity contribution < 1.29 is 9.59 Å². The number of para-hydroxylation sites is 1. The number of carbonyl (C=O) groups is 2. The van der Waals surface area contributed by atoms with Gasteiger partial charge in [0.2, 0.25) is 0 Å². The van der Waals surface area contributed by atoms with Crippen molar-refractivity contribution in [2.24, 2.45) is 0 Å². The van der Waals surface area contributed by atoms with Crippen LogP contribution in [-0.2, 0) is 11.3 Å². The minimum Gasteiger partial charge on any atom is -0.342 e. The molecule has 0 unspecified atom stereocenters. The molecule has 1 aromatic heterocycles. The number of nitrogens with zero attached hydrogens (tertiary/aromatic N) is 1. The molecule has 1 aliphatic heterocycles. The van der Waals surface area contributed by atoms with E-state index in [0.29, 0.717) is 11.6 Å². The van der Waals surface area contributed by atoms with Crippen molar-refractivity contribution in [3.05, 3.63) is 76.6 Å².